The zero-order valence-electron chi connectivity index (χ0n) is 14.4. The van der Waals surface area contributed by atoms with Gasteiger partial charge in [0.25, 0.3) is 5.91 Å². The van der Waals surface area contributed by atoms with E-state index in [4.69, 9.17) is 9.90 Å². The first kappa shape index (κ1) is 20.5. The average molecular weight is 383 g/mol. The number of nitrogens with one attached hydrogen (secondary N) is 2. The van der Waals surface area contributed by atoms with E-state index in [-0.39, 0.29) is 5.91 Å². The fourth-order valence-corrected chi connectivity index (χ4v) is 2.81. The first-order valence-corrected chi connectivity index (χ1v) is 8.49. The predicted molar refractivity (Wildman–Crippen MR) is 92.1 cm³/mol. The summed E-state index contributed by atoms with van der Waals surface area (Å²) in [5, 5.41) is 10.3. The first-order valence-electron chi connectivity index (χ1n) is 8.49. The van der Waals surface area contributed by atoms with Gasteiger partial charge in [0, 0.05) is 24.0 Å². The molecule has 2 aromatic rings. The number of nitrogens with zero attached hydrogens (tertiary/aromatic N) is 1. The Morgan fingerprint density at radius 3 is 2.33 bits per heavy atom. The Morgan fingerprint density at radius 1 is 1.15 bits per heavy atom. The number of aliphatic carboxylic acids is 1. The lowest BCUT2D eigenvalue weighted by atomic mass is 9.95. The van der Waals surface area contributed by atoms with Crippen molar-refractivity contribution in [3.8, 4) is 11.4 Å². The topological polar surface area (TPSA) is 95.1 Å². The maximum absolute atomic E-state index is 12.5. The number of aromatic amines is 1. The van der Waals surface area contributed by atoms with Crippen LogP contribution in [0.15, 0.2) is 36.7 Å². The van der Waals surface area contributed by atoms with Crippen LogP contribution in [0.1, 0.15) is 42.5 Å². The highest BCUT2D eigenvalue weighted by Gasteiger charge is 2.38. The molecule has 1 aliphatic rings. The van der Waals surface area contributed by atoms with Gasteiger partial charge in [0.15, 0.2) is 0 Å². The molecule has 0 atom stereocenters. The molecule has 6 nitrogen and oxygen atoms in total. The lowest BCUT2D eigenvalue weighted by molar-refractivity contribution is -0.192. The highest BCUT2D eigenvalue weighted by molar-refractivity contribution is 6.00. The Labute approximate surface area is 153 Å². The van der Waals surface area contributed by atoms with Gasteiger partial charge in [-0.15, -0.1) is 0 Å². The van der Waals surface area contributed by atoms with E-state index in [0.29, 0.717) is 11.6 Å². The third-order valence-corrected chi connectivity index (χ3v) is 4.11. The van der Waals surface area contributed by atoms with E-state index < -0.39 is 12.1 Å². The summed E-state index contributed by atoms with van der Waals surface area (Å²) in [6.07, 6.45) is 4.28. The van der Waals surface area contributed by atoms with Crippen molar-refractivity contribution in [3.05, 3.63) is 42.2 Å². The molecular weight excluding hydrogens is 363 g/mol. The van der Waals surface area contributed by atoms with E-state index in [1.54, 1.807) is 12.4 Å². The Hall–Kier alpha value is -2.84. The number of carbonyl (C=O) groups is 2. The second-order valence-corrected chi connectivity index (χ2v) is 6.09. The van der Waals surface area contributed by atoms with Crippen LogP contribution in [0.4, 0.5) is 13.2 Å². The number of amides is 1. The number of hydrogen-bond donors (Lipinski definition) is 3. The molecule has 0 saturated heterocycles. The van der Waals surface area contributed by atoms with Crippen LogP contribution in [0.3, 0.4) is 0 Å². The molecule has 0 aliphatic heterocycles. The van der Waals surface area contributed by atoms with Gasteiger partial charge >= 0.3 is 12.1 Å². The molecule has 0 spiro atoms. The zero-order valence-corrected chi connectivity index (χ0v) is 14.4. The van der Waals surface area contributed by atoms with Gasteiger partial charge in [-0.1, -0.05) is 37.5 Å². The summed E-state index contributed by atoms with van der Waals surface area (Å²) < 4.78 is 31.7. The van der Waals surface area contributed by atoms with Crippen molar-refractivity contribution in [3.63, 3.8) is 0 Å². The van der Waals surface area contributed by atoms with Gasteiger partial charge in [0.2, 0.25) is 0 Å². The summed E-state index contributed by atoms with van der Waals surface area (Å²) in [4.78, 5) is 28.7. The Morgan fingerprint density at radius 2 is 1.78 bits per heavy atom. The van der Waals surface area contributed by atoms with E-state index in [1.165, 1.54) is 19.3 Å². The fraction of sp³-hybridized carbons (Fsp3) is 0.389. The summed E-state index contributed by atoms with van der Waals surface area (Å²) in [6, 6.07) is 7.92. The molecule has 3 N–H and O–H groups in total. The number of rotatable bonds is 3. The van der Waals surface area contributed by atoms with Crippen LogP contribution in [0.5, 0.6) is 0 Å². The molecule has 27 heavy (non-hydrogen) atoms. The van der Waals surface area contributed by atoms with Crippen LogP contribution < -0.4 is 5.32 Å². The standard InChI is InChI=1S/C16H19N3O.C2HF3O2/c20-16(19-12-6-2-1-3-7-12)14-9-5-4-8-13(14)15-17-10-11-18-15;3-2(4,5)1(6)7/h4-5,8-12H,1-3,6-7H2,(H,17,18)(H,19,20);(H,6,7). The van der Waals surface area contributed by atoms with Gasteiger partial charge in [-0.3, -0.25) is 4.79 Å². The van der Waals surface area contributed by atoms with Crippen LogP contribution in [0, 0.1) is 0 Å². The molecule has 0 unspecified atom stereocenters. The Balaban J connectivity index is 0.000000321. The third kappa shape index (κ3) is 6.12. The maximum Gasteiger partial charge on any atom is 0.490 e. The molecule has 1 aromatic carbocycles. The normalized spacial score (nSPS) is 14.8. The fourth-order valence-electron chi connectivity index (χ4n) is 2.81. The number of imidazole rings is 1. The Bertz CT molecular complexity index is 755. The molecule has 1 aliphatic carbocycles. The number of carbonyl (C=O) groups excluding carboxylic acids is 1. The summed E-state index contributed by atoms with van der Waals surface area (Å²) in [7, 11) is 0. The van der Waals surface area contributed by atoms with Crippen LogP contribution in [-0.4, -0.2) is 39.2 Å². The van der Waals surface area contributed by atoms with Crippen molar-refractivity contribution in [2.24, 2.45) is 0 Å². The highest BCUT2D eigenvalue weighted by Crippen LogP contribution is 2.22. The minimum Gasteiger partial charge on any atom is -0.475 e. The SMILES string of the molecule is O=C(NC1CCCCC1)c1ccccc1-c1ncc[nH]1.O=C(O)C(F)(F)F. The van der Waals surface area contributed by atoms with Crippen molar-refractivity contribution in [2.45, 2.75) is 44.3 Å². The number of aromatic nitrogens is 2. The molecule has 3 rings (SSSR count). The van der Waals surface area contributed by atoms with Crippen LogP contribution in [0.25, 0.3) is 11.4 Å². The molecule has 1 heterocycles. The van der Waals surface area contributed by atoms with Crippen LogP contribution in [-0.2, 0) is 4.79 Å². The summed E-state index contributed by atoms with van der Waals surface area (Å²) in [5.41, 5.74) is 1.54. The van der Waals surface area contributed by atoms with Gasteiger partial charge in [-0.25, -0.2) is 9.78 Å². The maximum atomic E-state index is 12.5. The smallest absolute Gasteiger partial charge is 0.475 e. The number of alkyl halides is 3. The quantitative estimate of drug-likeness (QED) is 0.752. The van der Waals surface area contributed by atoms with Crippen molar-refractivity contribution < 1.29 is 27.9 Å². The van der Waals surface area contributed by atoms with Crippen molar-refractivity contribution in [1.29, 1.82) is 0 Å². The molecular formula is C18H20F3N3O3. The minimum atomic E-state index is -5.08. The molecule has 1 aromatic heterocycles. The Kier molecular flexibility index (Phi) is 6.98. The number of carboxylic acids is 1. The van der Waals surface area contributed by atoms with Crippen molar-refractivity contribution in [1.82, 2.24) is 15.3 Å². The van der Waals surface area contributed by atoms with E-state index in [2.05, 4.69) is 15.3 Å². The van der Waals surface area contributed by atoms with Gasteiger partial charge in [0.1, 0.15) is 5.82 Å². The summed E-state index contributed by atoms with van der Waals surface area (Å²) >= 11 is 0. The van der Waals surface area contributed by atoms with Gasteiger partial charge in [0.05, 0.1) is 5.56 Å². The van der Waals surface area contributed by atoms with Gasteiger partial charge in [-0.05, 0) is 18.9 Å². The summed E-state index contributed by atoms with van der Waals surface area (Å²) in [5.74, 6) is -2.02. The van der Waals surface area contributed by atoms with Gasteiger partial charge < -0.3 is 15.4 Å². The van der Waals surface area contributed by atoms with E-state index in [0.717, 1.165) is 24.2 Å². The van der Waals surface area contributed by atoms with Crippen molar-refractivity contribution in [2.75, 3.05) is 0 Å². The highest BCUT2D eigenvalue weighted by atomic mass is 19.4. The number of H-pyrrole nitrogens is 1. The molecule has 0 bridgehead atoms. The third-order valence-electron chi connectivity index (χ3n) is 4.11. The largest absolute Gasteiger partial charge is 0.490 e. The molecule has 1 saturated carbocycles. The average Bonchev–Trinajstić information content (AvgIpc) is 3.17. The number of benzene rings is 1. The van der Waals surface area contributed by atoms with E-state index >= 15 is 0 Å². The zero-order chi connectivity index (χ0) is 19.9. The first-order chi connectivity index (χ1) is 12.8. The van der Waals surface area contributed by atoms with Gasteiger partial charge in [-0.2, -0.15) is 13.2 Å². The number of carboxylic acid groups (broad SMARTS) is 1. The van der Waals surface area contributed by atoms with Crippen LogP contribution >= 0.6 is 0 Å². The monoisotopic (exact) mass is 383 g/mol. The second kappa shape index (κ2) is 9.20. The predicted octanol–water partition coefficient (Wildman–Crippen LogP) is 3.77. The molecule has 1 fully saturated rings. The van der Waals surface area contributed by atoms with Crippen LogP contribution in [0.2, 0.25) is 0 Å². The lowest BCUT2D eigenvalue weighted by Gasteiger charge is -2.23. The lowest BCUT2D eigenvalue weighted by Crippen LogP contribution is -2.36. The molecule has 9 heteroatoms. The molecule has 0 radical (unpaired) electrons. The number of hydrogen-bond acceptors (Lipinski definition) is 3. The second-order valence-electron chi connectivity index (χ2n) is 6.09. The van der Waals surface area contributed by atoms with Crippen molar-refractivity contribution >= 4 is 11.9 Å². The molecule has 1 amide bonds. The van der Waals surface area contributed by atoms with E-state index in [9.17, 15) is 18.0 Å². The minimum absolute atomic E-state index is 0.00361. The number of halogens is 3. The summed E-state index contributed by atoms with van der Waals surface area (Å²) in [6.45, 7) is 0. The molecule has 146 valence electrons. The van der Waals surface area contributed by atoms with E-state index in [1.807, 2.05) is 24.3 Å².